The number of rotatable bonds is 6. The predicted molar refractivity (Wildman–Crippen MR) is 59.8 cm³/mol. The van der Waals surface area contributed by atoms with Gasteiger partial charge >= 0.3 is 0 Å². The average molecular weight is 214 g/mol. The number of carbonyl (C=O) groups excluding carboxylic acids is 1. The van der Waals surface area contributed by atoms with E-state index in [1.807, 2.05) is 11.8 Å². The van der Waals surface area contributed by atoms with E-state index in [-0.39, 0.29) is 11.9 Å². The third kappa shape index (κ3) is 3.80. The summed E-state index contributed by atoms with van der Waals surface area (Å²) in [5.41, 5.74) is 0. The van der Waals surface area contributed by atoms with E-state index in [1.165, 1.54) is 0 Å². The lowest BCUT2D eigenvalue weighted by Crippen LogP contribution is -2.50. The van der Waals surface area contributed by atoms with Gasteiger partial charge in [-0.3, -0.25) is 4.79 Å². The van der Waals surface area contributed by atoms with Crippen LogP contribution in [0.4, 0.5) is 0 Å². The Labute approximate surface area is 92.0 Å². The molecule has 0 aliphatic carbocycles. The zero-order valence-electron chi connectivity index (χ0n) is 9.79. The monoisotopic (exact) mass is 214 g/mol. The molecule has 0 spiro atoms. The summed E-state index contributed by atoms with van der Waals surface area (Å²) in [6, 6.07) is 0.0475. The molecular weight excluding hydrogens is 192 g/mol. The Morgan fingerprint density at radius 1 is 1.60 bits per heavy atom. The van der Waals surface area contributed by atoms with Crippen molar-refractivity contribution < 1.29 is 9.53 Å². The highest BCUT2D eigenvalue weighted by Gasteiger charge is 2.27. The number of likely N-dealkylation sites (tertiary alicyclic amines) is 1. The van der Waals surface area contributed by atoms with Crippen molar-refractivity contribution in [3.63, 3.8) is 0 Å². The Morgan fingerprint density at radius 2 is 2.40 bits per heavy atom. The zero-order chi connectivity index (χ0) is 11.1. The molecule has 1 rings (SSSR count). The number of methoxy groups -OCH3 is 1. The average Bonchev–Trinajstić information content (AvgIpc) is 2.24. The highest BCUT2D eigenvalue weighted by molar-refractivity contribution is 5.82. The number of likely N-dealkylation sites (N-methyl/N-ethyl adjacent to an activating group) is 1. The van der Waals surface area contributed by atoms with Crippen LogP contribution in [0.3, 0.4) is 0 Å². The third-order valence-corrected chi connectivity index (χ3v) is 2.76. The summed E-state index contributed by atoms with van der Waals surface area (Å²) in [7, 11) is 1.69. The molecule has 1 N–H and O–H groups in total. The second-order valence-corrected chi connectivity index (χ2v) is 3.92. The zero-order valence-corrected chi connectivity index (χ0v) is 9.79. The quantitative estimate of drug-likeness (QED) is 0.659. The van der Waals surface area contributed by atoms with Crippen molar-refractivity contribution in [1.29, 1.82) is 0 Å². The van der Waals surface area contributed by atoms with Crippen LogP contribution in [0, 0.1) is 0 Å². The molecular formula is C11H22N2O2. The number of ether oxygens (including phenoxy) is 1. The van der Waals surface area contributed by atoms with E-state index in [2.05, 4.69) is 5.32 Å². The van der Waals surface area contributed by atoms with Gasteiger partial charge in [0, 0.05) is 26.8 Å². The van der Waals surface area contributed by atoms with Gasteiger partial charge in [-0.15, -0.1) is 0 Å². The maximum atomic E-state index is 11.9. The Morgan fingerprint density at radius 3 is 3.07 bits per heavy atom. The number of piperidine rings is 1. The molecule has 0 radical (unpaired) electrons. The van der Waals surface area contributed by atoms with Crippen molar-refractivity contribution in [3.8, 4) is 0 Å². The fraction of sp³-hybridized carbons (Fsp3) is 0.909. The van der Waals surface area contributed by atoms with Crippen LogP contribution in [-0.4, -0.2) is 50.2 Å². The fourth-order valence-electron chi connectivity index (χ4n) is 2.00. The molecule has 1 unspecified atom stereocenters. The van der Waals surface area contributed by atoms with Gasteiger partial charge < -0.3 is 15.0 Å². The molecule has 0 bridgehead atoms. The van der Waals surface area contributed by atoms with Gasteiger partial charge in [0.2, 0.25) is 5.91 Å². The highest BCUT2D eigenvalue weighted by atomic mass is 16.5. The first kappa shape index (κ1) is 12.5. The molecule has 1 aliphatic rings. The second-order valence-electron chi connectivity index (χ2n) is 3.92. The summed E-state index contributed by atoms with van der Waals surface area (Å²) in [5.74, 6) is 0.263. The lowest BCUT2D eigenvalue weighted by Gasteiger charge is -2.32. The summed E-state index contributed by atoms with van der Waals surface area (Å²) in [6.45, 7) is 5.37. The van der Waals surface area contributed by atoms with Crippen LogP contribution in [-0.2, 0) is 9.53 Å². The molecule has 1 saturated heterocycles. The van der Waals surface area contributed by atoms with E-state index in [9.17, 15) is 4.79 Å². The summed E-state index contributed by atoms with van der Waals surface area (Å²) < 4.78 is 4.99. The van der Waals surface area contributed by atoms with E-state index < -0.39 is 0 Å². The summed E-state index contributed by atoms with van der Waals surface area (Å²) in [6.07, 6.45) is 3.02. The van der Waals surface area contributed by atoms with Gasteiger partial charge in [0.1, 0.15) is 0 Å². The maximum absolute atomic E-state index is 11.9. The van der Waals surface area contributed by atoms with Crippen LogP contribution in [0.15, 0.2) is 0 Å². The number of hydrogen-bond donors (Lipinski definition) is 1. The van der Waals surface area contributed by atoms with Crippen molar-refractivity contribution in [2.24, 2.45) is 0 Å². The molecule has 0 aromatic rings. The number of amides is 1. The van der Waals surface area contributed by atoms with E-state index in [0.717, 1.165) is 45.5 Å². The number of nitrogens with one attached hydrogen (secondary N) is 1. The molecule has 0 aromatic heterocycles. The van der Waals surface area contributed by atoms with Crippen LogP contribution >= 0.6 is 0 Å². The summed E-state index contributed by atoms with van der Waals surface area (Å²) in [4.78, 5) is 13.9. The molecule has 1 atom stereocenters. The van der Waals surface area contributed by atoms with Crippen LogP contribution in [0.1, 0.15) is 26.2 Å². The van der Waals surface area contributed by atoms with Crippen molar-refractivity contribution >= 4 is 5.91 Å². The highest BCUT2D eigenvalue weighted by Crippen LogP contribution is 2.11. The Hall–Kier alpha value is -0.610. The fourth-order valence-corrected chi connectivity index (χ4v) is 2.00. The normalized spacial score (nSPS) is 22.1. The predicted octanol–water partition coefficient (Wildman–Crippen LogP) is 0.623. The minimum absolute atomic E-state index is 0.0475. The van der Waals surface area contributed by atoms with Crippen molar-refractivity contribution in [3.05, 3.63) is 0 Å². The number of carbonyl (C=O) groups is 1. The maximum Gasteiger partial charge on any atom is 0.239 e. The van der Waals surface area contributed by atoms with Crippen molar-refractivity contribution in [1.82, 2.24) is 10.2 Å². The molecule has 4 nitrogen and oxygen atoms in total. The van der Waals surface area contributed by atoms with Gasteiger partial charge in [0.25, 0.3) is 0 Å². The first-order valence-corrected chi connectivity index (χ1v) is 5.80. The standard InChI is InChI=1S/C11H22N2O2/c1-3-12-10-6-4-7-13(11(10)14)8-5-9-15-2/h10,12H,3-9H2,1-2H3. The molecule has 1 amide bonds. The Balaban J connectivity index is 2.33. The third-order valence-electron chi connectivity index (χ3n) is 2.76. The first-order chi connectivity index (χ1) is 7.29. The van der Waals surface area contributed by atoms with Crippen molar-refractivity contribution in [2.45, 2.75) is 32.2 Å². The molecule has 1 heterocycles. The van der Waals surface area contributed by atoms with Gasteiger partial charge in [-0.1, -0.05) is 6.92 Å². The van der Waals surface area contributed by atoms with Crippen LogP contribution in [0.5, 0.6) is 0 Å². The molecule has 1 aliphatic heterocycles. The van der Waals surface area contributed by atoms with Crippen LogP contribution < -0.4 is 5.32 Å². The van der Waals surface area contributed by atoms with E-state index in [1.54, 1.807) is 7.11 Å². The minimum Gasteiger partial charge on any atom is -0.385 e. The molecule has 88 valence electrons. The largest absolute Gasteiger partial charge is 0.385 e. The molecule has 4 heteroatoms. The topological polar surface area (TPSA) is 41.6 Å². The Bertz CT molecular complexity index is 195. The van der Waals surface area contributed by atoms with E-state index in [4.69, 9.17) is 4.74 Å². The molecule has 0 saturated carbocycles. The van der Waals surface area contributed by atoms with Crippen LogP contribution in [0.25, 0.3) is 0 Å². The summed E-state index contributed by atoms with van der Waals surface area (Å²) >= 11 is 0. The van der Waals surface area contributed by atoms with Crippen molar-refractivity contribution in [2.75, 3.05) is 33.4 Å². The minimum atomic E-state index is 0.0475. The first-order valence-electron chi connectivity index (χ1n) is 5.80. The number of hydrogen-bond acceptors (Lipinski definition) is 3. The van der Waals surface area contributed by atoms with E-state index in [0.29, 0.717) is 0 Å². The van der Waals surface area contributed by atoms with Crippen LogP contribution in [0.2, 0.25) is 0 Å². The van der Waals surface area contributed by atoms with Gasteiger partial charge in [0.15, 0.2) is 0 Å². The summed E-state index contributed by atoms with van der Waals surface area (Å²) in [5, 5.41) is 3.23. The lowest BCUT2D eigenvalue weighted by atomic mass is 10.0. The van der Waals surface area contributed by atoms with Gasteiger partial charge in [-0.25, -0.2) is 0 Å². The molecule has 0 aromatic carbocycles. The SMILES string of the molecule is CCNC1CCCN(CCCOC)C1=O. The van der Waals surface area contributed by atoms with Gasteiger partial charge in [0.05, 0.1) is 6.04 Å². The Kier molecular flexibility index (Phi) is 5.65. The lowest BCUT2D eigenvalue weighted by molar-refractivity contribution is -0.136. The van der Waals surface area contributed by atoms with Gasteiger partial charge in [-0.05, 0) is 25.8 Å². The smallest absolute Gasteiger partial charge is 0.239 e. The van der Waals surface area contributed by atoms with E-state index >= 15 is 0 Å². The molecule has 1 fully saturated rings. The molecule has 15 heavy (non-hydrogen) atoms. The second kappa shape index (κ2) is 6.80. The van der Waals surface area contributed by atoms with Gasteiger partial charge in [-0.2, -0.15) is 0 Å². The number of nitrogens with zero attached hydrogens (tertiary/aromatic N) is 1.